The summed E-state index contributed by atoms with van der Waals surface area (Å²) in [5.74, 6) is 0. The van der Waals surface area contributed by atoms with Crippen LogP contribution in [0.2, 0.25) is 0 Å². The number of aryl methyl sites for hydroxylation is 1. The lowest BCUT2D eigenvalue weighted by Gasteiger charge is -2.48. The molecule has 110 valence electrons. The van der Waals surface area contributed by atoms with Crippen LogP contribution >= 0.6 is 0 Å². The van der Waals surface area contributed by atoms with Crippen LogP contribution < -0.4 is 10.6 Å². The molecular formula is C16H26N4. The minimum absolute atomic E-state index is 0.552. The van der Waals surface area contributed by atoms with Crippen molar-refractivity contribution in [2.45, 2.75) is 51.7 Å². The number of fused-ring (bicyclic) bond motifs is 1. The Hall–Kier alpha value is -1.13. The molecule has 0 spiro atoms. The average molecular weight is 274 g/mol. The number of nitrogens with zero attached hydrogens (tertiary/aromatic N) is 3. The lowest BCUT2D eigenvalue weighted by molar-refractivity contribution is 0.115. The smallest absolute Gasteiger partial charge is 0.0448 e. The van der Waals surface area contributed by atoms with Gasteiger partial charge < -0.3 is 10.6 Å². The third-order valence-electron chi connectivity index (χ3n) is 4.82. The maximum absolute atomic E-state index is 5.91. The topological polar surface area (TPSA) is 45.4 Å². The molecular weight excluding hydrogens is 248 g/mol. The third kappa shape index (κ3) is 2.54. The van der Waals surface area contributed by atoms with Crippen molar-refractivity contribution in [3.8, 4) is 0 Å². The molecule has 2 aliphatic rings. The number of anilines is 1. The highest BCUT2D eigenvalue weighted by atomic mass is 15.3. The number of aromatic nitrogens is 1. The van der Waals surface area contributed by atoms with Crippen LogP contribution in [0.5, 0.6) is 0 Å². The van der Waals surface area contributed by atoms with Crippen LogP contribution in [0.1, 0.15) is 37.4 Å². The Bertz CT molecular complexity index is 474. The van der Waals surface area contributed by atoms with Gasteiger partial charge in [-0.15, -0.1) is 0 Å². The molecule has 1 aromatic rings. The summed E-state index contributed by atoms with van der Waals surface area (Å²) in [5, 5.41) is 0. The molecule has 0 aromatic carbocycles. The van der Waals surface area contributed by atoms with Gasteiger partial charge in [0.15, 0.2) is 0 Å². The van der Waals surface area contributed by atoms with E-state index >= 15 is 0 Å². The Morgan fingerprint density at radius 2 is 2.20 bits per heavy atom. The zero-order chi connectivity index (χ0) is 14.1. The summed E-state index contributed by atoms with van der Waals surface area (Å²) in [4.78, 5) is 9.64. The summed E-state index contributed by atoms with van der Waals surface area (Å²) in [6.45, 7) is 8.56. The molecule has 0 amide bonds. The number of pyridine rings is 1. The van der Waals surface area contributed by atoms with E-state index < -0.39 is 0 Å². The first-order valence-corrected chi connectivity index (χ1v) is 7.85. The summed E-state index contributed by atoms with van der Waals surface area (Å²) in [6, 6.07) is 3.48. The Morgan fingerprint density at radius 1 is 1.35 bits per heavy atom. The van der Waals surface area contributed by atoms with Crippen molar-refractivity contribution in [2.24, 2.45) is 5.73 Å². The highest BCUT2D eigenvalue weighted by Gasteiger charge is 2.33. The van der Waals surface area contributed by atoms with Crippen molar-refractivity contribution in [2.75, 3.05) is 24.5 Å². The van der Waals surface area contributed by atoms with E-state index in [-0.39, 0.29) is 0 Å². The van der Waals surface area contributed by atoms with E-state index in [0.717, 1.165) is 18.3 Å². The lowest BCUT2D eigenvalue weighted by Crippen LogP contribution is -2.59. The zero-order valence-electron chi connectivity index (χ0n) is 12.7. The normalized spacial score (nSPS) is 27.4. The van der Waals surface area contributed by atoms with E-state index in [2.05, 4.69) is 34.7 Å². The molecule has 20 heavy (non-hydrogen) atoms. The van der Waals surface area contributed by atoms with Crippen LogP contribution in [0.15, 0.2) is 12.3 Å². The van der Waals surface area contributed by atoms with Gasteiger partial charge in [-0.1, -0.05) is 6.42 Å². The Morgan fingerprint density at radius 3 is 3.00 bits per heavy atom. The second kappa shape index (κ2) is 5.70. The maximum atomic E-state index is 5.91. The Kier molecular flexibility index (Phi) is 3.94. The van der Waals surface area contributed by atoms with Gasteiger partial charge in [0.2, 0.25) is 0 Å². The van der Waals surface area contributed by atoms with Crippen LogP contribution in [0.3, 0.4) is 0 Å². The molecule has 0 radical (unpaired) electrons. The monoisotopic (exact) mass is 274 g/mol. The summed E-state index contributed by atoms with van der Waals surface area (Å²) < 4.78 is 0. The molecule has 0 bridgehead atoms. The minimum atomic E-state index is 0.552. The van der Waals surface area contributed by atoms with Crippen LogP contribution in [0.25, 0.3) is 0 Å². The van der Waals surface area contributed by atoms with Crippen molar-refractivity contribution in [3.05, 3.63) is 23.5 Å². The molecule has 0 aliphatic carbocycles. The molecule has 3 heterocycles. The van der Waals surface area contributed by atoms with E-state index in [1.54, 1.807) is 0 Å². The molecule has 4 nitrogen and oxygen atoms in total. The summed E-state index contributed by atoms with van der Waals surface area (Å²) >= 11 is 0. The number of nitrogens with two attached hydrogens (primary N) is 1. The third-order valence-corrected chi connectivity index (χ3v) is 4.82. The number of piperidine rings is 1. The van der Waals surface area contributed by atoms with Crippen molar-refractivity contribution in [1.29, 1.82) is 0 Å². The fourth-order valence-corrected chi connectivity index (χ4v) is 3.69. The van der Waals surface area contributed by atoms with Gasteiger partial charge in [0.05, 0.1) is 0 Å². The minimum Gasteiger partial charge on any atom is -0.366 e. The van der Waals surface area contributed by atoms with Crippen molar-refractivity contribution in [3.63, 3.8) is 0 Å². The highest BCUT2D eigenvalue weighted by Crippen LogP contribution is 2.30. The second-order valence-corrected chi connectivity index (χ2v) is 6.30. The van der Waals surface area contributed by atoms with Gasteiger partial charge in [0, 0.05) is 54.9 Å². The SMILES string of the molecule is Cc1cc(N2CC3CCCCN3CC2C)c(CN)cn1. The molecule has 2 fully saturated rings. The van der Waals surface area contributed by atoms with Crippen LogP contribution in [0, 0.1) is 6.92 Å². The molecule has 0 saturated carbocycles. The number of hydrogen-bond acceptors (Lipinski definition) is 4. The average Bonchev–Trinajstić information content (AvgIpc) is 2.46. The van der Waals surface area contributed by atoms with E-state index in [1.807, 2.05) is 6.20 Å². The molecule has 3 rings (SSSR count). The van der Waals surface area contributed by atoms with Gasteiger partial charge in [0.25, 0.3) is 0 Å². The number of rotatable bonds is 2. The van der Waals surface area contributed by atoms with Gasteiger partial charge in [-0.2, -0.15) is 0 Å². The lowest BCUT2D eigenvalue weighted by atomic mass is 9.96. The first-order valence-electron chi connectivity index (χ1n) is 7.85. The van der Waals surface area contributed by atoms with Gasteiger partial charge >= 0.3 is 0 Å². The number of piperazine rings is 1. The van der Waals surface area contributed by atoms with Crippen LogP contribution in [-0.2, 0) is 6.54 Å². The first kappa shape index (κ1) is 13.8. The number of hydrogen-bond donors (Lipinski definition) is 1. The van der Waals surface area contributed by atoms with E-state index in [1.165, 1.54) is 43.6 Å². The molecule has 1 aromatic heterocycles. The summed E-state index contributed by atoms with van der Waals surface area (Å²) in [7, 11) is 0. The maximum Gasteiger partial charge on any atom is 0.0448 e. The van der Waals surface area contributed by atoms with Crippen molar-refractivity contribution >= 4 is 5.69 Å². The highest BCUT2D eigenvalue weighted by molar-refractivity contribution is 5.55. The predicted molar refractivity (Wildman–Crippen MR) is 82.9 cm³/mol. The fraction of sp³-hybridized carbons (Fsp3) is 0.688. The first-order chi connectivity index (χ1) is 9.69. The van der Waals surface area contributed by atoms with Crippen molar-refractivity contribution in [1.82, 2.24) is 9.88 Å². The standard InChI is InChI=1S/C16H26N4/c1-12-7-16(14(8-17)9-18-12)20-11-15-5-3-4-6-19(15)10-13(20)2/h7,9,13,15H,3-6,8,10-11,17H2,1-2H3. The van der Waals surface area contributed by atoms with Gasteiger partial charge in [-0.25, -0.2) is 0 Å². The van der Waals surface area contributed by atoms with Crippen LogP contribution in [0.4, 0.5) is 5.69 Å². The molecule has 2 aliphatic heterocycles. The van der Waals surface area contributed by atoms with Gasteiger partial charge in [-0.05, 0) is 39.3 Å². The Balaban J connectivity index is 1.87. The quantitative estimate of drug-likeness (QED) is 0.895. The second-order valence-electron chi connectivity index (χ2n) is 6.30. The van der Waals surface area contributed by atoms with Gasteiger partial charge in [0.1, 0.15) is 0 Å². The molecule has 2 saturated heterocycles. The van der Waals surface area contributed by atoms with E-state index in [4.69, 9.17) is 5.73 Å². The fourth-order valence-electron chi connectivity index (χ4n) is 3.69. The molecule has 4 heteroatoms. The van der Waals surface area contributed by atoms with Crippen molar-refractivity contribution < 1.29 is 0 Å². The molecule has 2 atom stereocenters. The van der Waals surface area contributed by atoms with E-state index in [9.17, 15) is 0 Å². The van der Waals surface area contributed by atoms with Gasteiger partial charge in [-0.3, -0.25) is 9.88 Å². The summed E-state index contributed by atoms with van der Waals surface area (Å²) in [6.07, 6.45) is 6.03. The molecule has 2 N–H and O–H groups in total. The van der Waals surface area contributed by atoms with E-state index in [0.29, 0.717) is 12.6 Å². The molecule has 2 unspecified atom stereocenters. The Labute approximate surface area is 122 Å². The van der Waals surface area contributed by atoms with Crippen LogP contribution in [-0.4, -0.2) is 41.6 Å². The largest absolute Gasteiger partial charge is 0.366 e. The summed E-state index contributed by atoms with van der Waals surface area (Å²) in [5.41, 5.74) is 9.46. The zero-order valence-corrected chi connectivity index (χ0v) is 12.7. The predicted octanol–water partition coefficient (Wildman–Crippen LogP) is 1.91.